The van der Waals surface area contributed by atoms with E-state index in [1.807, 2.05) is 43.3 Å². The summed E-state index contributed by atoms with van der Waals surface area (Å²) in [5, 5.41) is 10.9. The second-order valence-corrected chi connectivity index (χ2v) is 8.41. The van der Waals surface area contributed by atoms with Gasteiger partial charge in [-0.05, 0) is 47.2 Å². The minimum absolute atomic E-state index is 0.232. The lowest BCUT2D eigenvalue weighted by Gasteiger charge is -2.28. The fourth-order valence-electron chi connectivity index (χ4n) is 4.04. The molecule has 0 spiro atoms. The van der Waals surface area contributed by atoms with Gasteiger partial charge in [-0.1, -0.05) is 80.1 Å². The Morgan fingerprint density at radius 3 is 2.13 bits per heavy atom. The topological polar surface area (TPSA) is 40.5 Å². The highest BCUT2D eigenvalue weighted by atomic mass is 19.1. The van der Waals surface area contributed by atoms with Crippen molar-refractivity contribution in [2.45, 2.75) is 39.3 Å². The molecule has 1 aliphatic rings. The number of amides is 1. The van der Waals surface area contributed by atoms with E-state index < -0.39 is 11.9 Å². The van der Waals surface area contributed by atoms with Crippen LogP contribution in [0.25, 0.3) is 5.57 Å². The van der Waals surface area contributed by atoms with Crippen LogP contribution < -0.4 is 0 Å². The summed E-state index contributed by atoms with van der Waals surface area (Å²) >= 11 is 0. The zero-order valence-electron chi connectivity index (χ0n) is 18.0. The SMILES string of the molecule is Cc1ccc(C2=C(O)C(=O)N(Cc3ccc(F)cc3)[C@H]2c2ccc(C(C)C)cc2)cc1. The normalized spacial score (nSPS) is 16.5. The molecule has 4 rings (SSSR count). The lowest BCUT2D eigenvalue weighted by atomic mass is 9.91. The Balaban J connectivity index is 1.79. The number of aliphatic hydroxyl groups is 1. The van der Waals surface area contributed by atoms with Gasteiger partial charge in [0.2, 0.25) is 0 Å². The molecule has 0 saturated heterocycles. The van der Waals surface area contributed by atoms with E-state index in [9.17, 15) is 14.3 Å². The van der Waals surface area contributed by atoms with Crippen LogP contribution in [0.3, 0.4) is 0 Å². The minimum Gasteiger partial charge on any atom is -0.503 e. The molecule has 0 aromatic heterocycles. The summed E-state index contributed by atoms with van der Waals surface area (Å²) in [5.41, 5.74) is 5.47. The van der Waals surface area contributed by atoms with Crippen molar-refractivity contribution in [3.8, 4) is 0 Å². The Morgan fingerprint density at radius 2 is 1.55 bits per heavy atom. The minimum atomic E-state index is -0.429. The number of aryl methyl sites for hydroxylation is 1. The van der Waals surface area contributed by atoms with Crippen LogP contribution >= 0.6 is 0 Å². The lowest BCUT2D eigenvalue weighted by Crippen LogP contribution is -2.29. The summed E-state index contributed by atoms with van der Waals surface area (Å²) in [6.45, 7) is 6.55. The predicted molar refractivity (Wildman–Crippen MR) is 121 cm³/mol. The number of nitrogens with zero attached hydrogens (tertiary/aromatic N) is 1. The van der Waals surface area contributed by atoms with E-state index in [2.05, 4.69) is 26.0 Å². The Labute approximate surface area is 182 Å². The Kier molecular flexibility index (Phi) is 5.64. The van der Waals surface area contributed by atoms with Gasteiger partial charge in [-0.2, -0.15) is 0 Å². The molecule has 1 heterocycles. The third-order valence-electron chi connectivity index (χ3n) is 5.85. The van der Waals surface area contributed by atoms with Gasteiger partial charge in [0.25, 0.3) is 5.91 Å². The van der Waals surface area contributed by atoms with E-state index in [-0.39, 0.29) is 18.1 Å². The first-order valence-corrected chi connectivity index (χ1v) is 10.5. The van der Waals surface area contributed by atoms with Gasteiger partial charge in [0.05, 0.1) is 6.04 Å². The molecule has 0 fully saturated rings. The van der Waals surface area contributed by atoms with Crippen molar-refractivity contribution in [1.29, 1.82) is 0 Å². The quantitative estimate of drug-likeness (QED) is 0.530. The largest absolute Gasteiger partial charge is 0.503 e. The Bertz CT molecular complexity index is 1110. The molecule has 1 N–H and O–H groups in total. The molecule has 1 amide bonds. The van der Waals surface area contributed by atoms with E-state index in [4.69, 9.17) is 0 Å². The van der Waals surface area contributed by atoms with Gasteiger partial charge in [-0.25, -0.2) is 4.39 Å². The number of benzene rings is 3. The van der Waals surface area contributed by atoms with Crippen LogP contribution in [0.4, 0.5) is 4.39 Å². The van der Waals surface area contributed by atoms with E-state index in [1.165, 1.54) is 17.7 Å². The molecule has 0 aliphatic carbocycles. The summed E-state index contributed by atoms with van der Waals surface area (Å²) in [6.07, 6.45) is 0. The van der Waals surface area contributed by atoms with Crippen LogP contribution in [0.1, 0.15) is 53.6 Å². The van der Waals surface area contributed by atoms with Crippen LogP contribution in [0, 0.1) is 12.7 Å². The number of hydrogen-bond donors (Lipinski definition) is 1. The maximum atomic E-state index is 13.4. The van der Waals surface area contributed by atoms with Crippen LogP contribution in [0.2, 0.25) is 0 Å². The Hall–Kier alpha value is -3.40. The highest BCUT2D eigenvalue weighted by molar-refractivity contribution is 6.05. The monoisotopic (exact) mass is 415 g/mol. The summed E-state index contributed by atoms with van der Waals surface area (Å²) in [5.74, 6) is -0.574. The maximum absolute atomic E-state index is 13.4. The van der Waals surface area contributed by atoms with Crippen molar-refractivity contribution < 1.29 is 14.3 Å². The van der Waals surface area contributed by atoms with Gasteiger partial charge in [0.1, 0.15) is 5.82 Å². The van der Waals surface area contributed by atoms with Crippen molar-refractivity contribution in [3.05, 3.63) is 112 Å². The zero-order valence-corrected chi connectivity index (χ0v) is 18.0. The van der Waals surface area contributed by atoms with Crippen molar-refractivity contribution in [3.63, 3.8) is 0 Å². The first kappa shape index (κ1) is 20.9. The van der Waals surface area contributed by atoms with Crippen LogP contribution in [-0.4, -0.2) is 15.9 Å². The third kappa shape index (κ3) is 4.11. The molecule has 0 unspecified atom stereocenters. The molecule has 0 radical (unpaired) electrons. The van der Waals surface area contributed by atoms with E-state index >= 15 is 0 Å². The summed E-state index contributed by atoms with van der Waals surface area (Å²) < 4.78 is 13.4. The van der Waals surface area contributed by atoms with E-state index in [0.29, 0.717) is 11.5 Å². The second kappa shape index (κ2) is 8.38. The fraction of sp³-hybridized carbons (Fsp3) is 0.222. The van der Waals surface area contributed by atoms with Gasteiger partial charge < -0.3 is 10.0 Å². The van der Waals surface area contributed by atoms with Crippen molar-refractivity contribution in [2.75, 3.05) is 0 Å². The number of carbonyl (C=O) groups is 1. The molecule has 4 heteroatoms. The van der Waals surface area contributed by atoms with E-state index in [0.717, 1.165) is 22.3 Å². The smallest absolute Gasteiger partial charge is 0.290 e. The van der Waals surface area contributed by atoms with Gasteiger partial charge in [0.15, 0.2) is 5.76 Å². The van der Waals surface area contributed by atoms with Crippen molar-refractivity contribution in [1.82, 2.24) is 4.90 Å². The number of aliphatic hydroxyl groups excluding tert-OH is 1. The molecule has 158 valence electrons. The molecule has 3 aromatic carbocycles. The second-order valence-electron chi connectivity index (χ2n) is 8.41. The molecule has 3 aromatic rings. The fourth-order valence-corrected chi connectivity index (χ4v) is 4.04. The molecule has 1 atom stereocenters. The molecule has 0 saturated carbocycles. The first-order valence-electron chi connectivity index (χ1n) is 10.5. The number of carbonyl (C=O) groups excluding carboxylic acids is 1. The maximum Gasteiger partial charge on any atom is 0.290 e. The molecular weight excluding hydrogens is 389 g/mol. The molecule has 0 bridgehead atoms. The summed E-state index contributed by atoms with van der Waals surface area (Å²) in [6, 6.07) is 21.7. The van der Waals surface area contributed by atoms with Gasteiger partial charge in [0, 0.05) is 12.1 Å². The van der Waals surface area contributed by atoms with Crippen LogP contribution in [-0.2, 0) is 11.3 Å². The van der Waals surface area contributed by atoms with Crippen LogP contribution in [0.5, 0.6) is 0 Å². The van der Waals surface area contributed by atoms with Crippen LogP contribution in [0.15, 0.2) is 78.6 Å². The predicted octanol–water partition coefficient (Wildman–Crippen LogP) is 6.31. The zero-order chi connectivity index (χ0) is 22.1. The van der Waals surface area contributed by atoms with Gasteiger partial charge in [-0.3, -0.25) is 4.79 Å². The molecular formula is C27H26FNO2. The standard InChI is InChI=1S/C27H26FNO2/c1-17(2)20-10-12-22(13-11-20)25-24(21-8-4-18(3)5-9-21)26(30)27(31)29(25)16-19-6-14-23(28)15-7-19/h4-15,17,25,30H,16H2,1-3H3/t25-/m0/s1. The average molecular weight is 416 g/mol. The highest BCUT2D eigenvalue weighted by Crippen LogP contribution is 2.44. The molecule has 1 aliphatic heterocycles. The van der Waals surface area contributed by atoms with Gasteiger partial charge in [-0.15, -0.1) is 0 Å². The van der Waals surface area contributed by atoms with Gasteiger partial charge >= 0.3 is 0 Å². The first-order chi connectivity index (χ1) is 14.8. The molecule has 31 heavy (non-hydrogen) atoms. The third-order valence-corrected chi connectivity index (χ3v) is 5.85. The Morgan fingerprint density at radius 1 is 0.935 bits per heavy atom. The number of halogens is 1. The number of hydrogen-bond acceptors (Lipinski definition) is 2. The van der Waals surface area contributed by atoms with Crippen molar-refractivity contribution >= 4 is 11.5 Å². The molecule has 3 nitrogen and oxygen atoms in total. The average Bonchev–Trinajstić information content (AvgIpc) is 3.01. The highest BCUT2D eigenvalue weighted by Gasteiger charge is 2.41. The van der Waals surface area contributed by atoms with E-state index in [1.54, 1.807) is 17.0 Å². The lowest BCUT2D eigenvalue weighted by molar-refractivity contribution is -0.130. The summed E-state index contributed by atoms with van der Waals surface area (Å²) in [7, 11) is 0. The van der Waals surface area contributed by atoms with Crippen molar-refractivity contribution in [2.24, 2.45) is 0 Å². The summed E-state index contributed by atoms with van der Waals surface area (Å²) in [4.78, 5) is 14.8. The number of rotatable bonds is 5.